The number of aromatic nitrogens is 3. The van der Waals surface area contributed by atoms with Crippen molar-refractivity contribution < 1.29 is 9.13 Å². The highest BCUT2D eigenvalue weighted by Gasteiger charge is 2.03. The summed E-state index contributed by atoms with van der Waals surface area (Å²) in [6.07, 6.45) is 2.12. The van der Waals surface area contributed by atoms with Gasteiger partial charge in [0.2, 0.25) is 0 Å². The minimum atomic E-state index is 0. The molecular weight excluding hydrogens is 283 g/mol. The van der Waals surface area contributed by atoms with E-state index in [4.69, 9.17) is 10.5 Å². The van der Waals surface area contributed by atoms with Gasteiger partial charge in [0.15, 0.2) is 5.82 Å². The van der Waals surface area contributed by atoms with Gasteiger partial charge in [0, 0.05) is 24.7 Å². The highest BCUT2D eigenvalue weighted by atomic mass is 35.5. The summed E-state index contributed by atoms with van der Waals surface area (Å²) in [4.78, 5) is 4.15. The van der Waals surface area contributed by atoms with Gasteiger partial charge in [-0.1, -0.05) is 0 Å². The molecule has 0 aliphatic rings. The largest absolute Gasteiger partial charge is 0.489 e. The average Bonchev–Trinajstić information content (AvgIpc) is 2.87. The molecule has 0 aliphatic heterocycles. The average molecular weight is 299 g/mol. The number of hydrogen-bond donors (Lipinski definition) is 1. The normalized spacial score (nSPS) is 11.1. The fourth-order valence-electron chi connectivity index (χ4n) is 1.48. The molecule has 0 saturated heterocycles. The lowest BCUT2D eigenvalue weighted by atomic mass is 10.2. The van der Waals surface area contributed by atoms with Crippen LogP contribution in [0.2, 0.25) is 0 Å². The van der Waals surface area contributed by atoms with E-state index in [0.717, 1.165) is 5.56 Å². The maximum Gasteiger partial charge on any atom is 0.181 e. The number of nitrogens with zero attached hydrogens (tertiary/aromatic N) is 3. The van der Waals surface area contributed by atoms with E-state index in [2.05, 4.69) is 10.1 Å². The fraction of sp³-hybridized carbons (Fsp3) is 0.231. The number of rotatable bonds is 5. The van der Waals surface area contributed by atoms with Crippen LogP contribution in [0, 0.1) is 0 Å². The number of aryl methyl sites for hydroxylation is 1. The predicted molar refractivity (Wildman–Crippen MR) is 77.4 cm³/mol. The molecule has 2 rings (SSSR count). The zero-order valence-electron chi connectivity index (χ0n) is 11.0. The van der Waals surface area contributed by atoms with Crippen LogP contribution in [0.3, 0.4) is 0 Å². The summed E-state index contributed by atoms with van der Waals surface area (Å²) in [6, 6.07) is 7.29. The van der Waals surface area contributed by atoms with Crippen LogP contribution in [0.25, 0.3) is 11.4 Å². The van der Waals surface area contributed by atoms with Crippen LogP contribution < -0.4 is 10.5 Å². The fourth-order valence-corrected chi connectivity index (χ4v) is 1.48. The molecule has 0 saturated carbocycles. The Morgan fingerprint density at radius 1 is 1.40 bits per heavy atom. The Labute approximate surface area is 122 Å². The molecule has 0 spiro atoms. The Balaban J connectivity index is 0.00000200. The lowest BCUT2D eigenvalue weighted by molar-refractivity contribution is 0.347. The summed E-state index contributed by atoms with van der Waals surface area (Å²) in [6.45, 7) is 0.292. The summed E-state index contributed by atoms with van der Waals surface area (Å²) in [7, 11) is 1.81. The minimum absolute atomic E-state index is 0. The number of hydrogen-bond acceptors (Lipinski definition) is 4. The van der Waals surface area contributed by atoms with Gasteiger partial charge in [-0.05, 0) is 24.3 Å². The van der Waals surface area contributed by atoms with Crippen LogP contribution in [0.4, 0.5) is 4.39 Å². The molecule has 1 heterocycles. The van der Waals surface area contributed by atoms with E-state index in [1.807, 2.05) is 19.2 Å². The van der Waals surface area contributed by atoms with E-state index in [-0.39, 0.29) is 25.6 Å². The van der Waals surface area contributed by atoms with Crippen molar-refractivity contribution in [1.29, 1.82) is 0 Å². The van der Waals surface area contributed by atoms with Gasteiger partial charge < -0.3 is 10.5 Å². The summed E-state index contributed by atoms with van der Waals surface area (Å²) in [5, 5.41) is 4.20. The smallest absolute Gasteiger partial charge is 0.181 e. The quantitative estimate of drug-likeness (QED) is 0.918. The van der Waals surface area contributed by atoms with Crippen molar-refractivity contribution in [2.75, 3.05) is 13.2 Å². The van der Waals surface area contributed by atoms with Gasteiger partial charge in [0.05, 0.1) is 6.33 Å². The zero-order chi connectivity index (χ0) is 13.7. The standard InChI is InChI=1S/C13H15FN4O.ClH/c1-18-9-16-13(17-18)11-2-4-12(5-3-11)19-8-10(6-14)7-15;/h2-6,9H,7-8,15H2,1H3;1H/b10-6+;. The Bertz CT molecular complexity index is 568. The van der Waals surface area contributed by atoms with Gasteiger partial charge in [-0.2, -0.15) is 5.10 Å². The van der Waals surface area contributed by atoms with Crippen LogP contribution in [0.1, 0.15) is 0 Å². The van der Waals surface area contributed by atoms with Gasteiger partial charge in [-0.25, -0.2) is 9.37 Å². The van der Waals surface area contributed by atoms with Crippen molar-refractivity contribution in [2.24, 2.45) is 12.8 Å². The Kier molecular flexibility index (Phi) is 6.14. The Morgan fingerprint density at radius 3 is 2.60 bits per heavy atom. The number of ether oxygens (including phenoxy) is 1. The third-order valence-electron chi connectivity index (χ3n) is 2.55. The van der Waals surface area contributed by atoms with Gasteiger partial charge in [-0.3, -0.25) is 4.68 Å². The van der Waals surface area contributed by atoms with E-state index < -0.39 is 0 Å². The molecule has 2 aromatic rings. The topological polar surface area (TPSA) is 66.0 Å². The van der Waals surface area contributed by atoms with Crippen LogP contribution in [0.5, 0.6) is 5.75 Å². The third-order valence-corrected chi connectivity index (χ3v) is 2.55. The van der Waals surface area contributed by atoms with E-state index in [9.17, 15) is 4.39 Å². The summed E-state index contributed by atoms with van der Waals surface area (Å²) < 4.78 is 19.4. The van der Waals surface area contributed by atoms with Crippen molar-refractivity contribution in [3.8, 4) is 17.1 Å². The van der Waals surface area contributed by atoms with Gasteiger partial charge in [0.1, 0.15) is 18.7 Å². The van der Waals surface area contributed by atoms with Crippen LogP contribution in [0.15, 0.2) is 42.5 Å². The van der Waals surface area contributed by atoms with Crippen molar-refractivity contribution in [1.82, 2.24) is 14.8 Å². The maximum atomic E-state index is 12.3. The first-order valence-electron chi connectivity index (χ1n) is 5.80. The van der Waals surface area contributed by atoms with Gasteiger partial charge >= 0.3 is 0 Å². The molecule has 2 N–H and O–H groups in total. The van der Waals surface area contributed by atoms with E-state index >= 15 is 0 Å². The second-order valence-electron chi connectivity index (χ2n) is 4.03. The molecule has 0 unspecified atom stereocenters. The third kappa shape index (κ3) is 4.04. The monoisotopic (exact) mass is 298 g/mol. The molecule has 0 radical (unpaired) electrons. The van der Waals surface area contributed by atoms with Crippen LogP contribution in [-0.2, 0) is 7.05 Å². The first-order valence-corrected chi connectivity index (χ1v) is 5.80. The molecule has 0 atom stereocenters. The van der Waals surface area contributed by atoms with Crippen molar-refractivity contribution >= 4 is 12.4 Å². The first-order chi connectivity index (χ1) is 9.22. The Hall–Kier alpha value is -1.92. The van der Waals surface area contributed by atoms with Crippen LogP contribution >= 0.6 is 12.4 Å². The number of halogens is 2. The molecule has 108 valence electrons. The molecular formula is C13H16ClFN4O. The highest BCUT2D eigenvalue weighted by Crippen LogP contribution is 2.19. The maximum absolute atomic E-state index is 12.3. The predicted octanol–water partition coefficient (Wildman–Crippen LogP) is 2.09. The summed E-state index contributed by atoms with van der Waals surface area (Å²) in [5.74, 6) is 1.30. The molecule has 1 aromatic carbocycles. The summed E-state index contributed by atoms with van der Waals surface area (Å²) in [5.41, 5.74) is 6.65. The molecule has 0 bridgehead atoms. The number of benzene rings is 1. The first kappa shape index (κ1) is 16.1. The Morgan fingerprint density at radius 2 is 2.10 bits per heavy atom. The van der Waals surface area contributed by atoms with E-state index in [1.165, 1.54) is 0 Å². The molecule has 20 heavy (non-hydrogen) atoms. The highest BCUT2D eigenvalue weighted by molar-refractivity contribution is 5.85. The van der Waals surface area contributed by atoms with Crippen molar-refractivity contribution in [3.63, 3.8) is 0 Å². The SMILES string of the molecule is Cl.Cn1cnc(-c2ccc(OC/C(=C/F)CN)cc2)n1. The molecule has 0 fully saturated rings. The summed E-state index contributed by atoms with van der Waals surface area (Å²) >= 11 is 0. The molecule has 7 heteroatoms. The van der Waals surface area contributed by atoms with Crippen LogP contribution in [-0.4, -0.2) is 27.9 Å². The second kappa shape index (κ2) is 7.62. The zero-order valence-corrected chi connectivity index (χ0v) is 11.8. The van der Waals surface area contributed by atoms with Crippen molar-refractivity contribution in [2.45, 2.75) is 0 Å². The van der Waals surface area contributed by atoms with Gasteiger partial charge in [-0.15, -0.1) is 12.4 Å². The molecule has 5 nitrogen and oxygen atoms in total. The minimum Gasteiger partial charge on any atom is -0.489 e. The van der Waals surface area contributed by atoms with E-state index in [0.29, 0.717) is 23.5 Å². The molecule has 1 aromatic heterocycles. The second-order valence-corrected chi connectivity index (χ2v) is 4.03. The lowest BCUT2D eigenvalue weighted by Gasteiger charge is -2.07. The van der Waals surface area contributed by atoms with Crippen molar-refractivity contribution in [3.05, 3.63) is 42.5 Å². The molecule has 0 amide bonds. The van der Waals surface area contributed by atoms with E-state index in [1.54, 1.807) is 23.1 Å². The molecule has 0 aliphatic carbocycles. The lowest BCUT2D eigenvalue weighted by Crippen LogP contribution is -2.10. The number of nitrogens with two attached hydrogens (primary N) is 1. The van der Waals surface area contributed by atoms with Gasteiger partial charge in [0.25, 0.3) is 0 Å².